The third-order valence-electron chi connectivity index (χ3n) is 3.48. The fraction of sp³-hybridized carbons (Fsp3) is 0.583. The molecule has 1 aliphatic rings. The monoisotopic (exact) mass is 279 g/mol. The average molecular weight is 279 g/mol. The Hall–Kier alpha value is -1.47. The summed E-state index contributed by atoms with van der Waals surface area (Å²) in [5, 5.41) is 0.956. The summed E-state index contributed by atoms with van der Waals surface area (Å²) in [5.41, 5.74) is 0. The summed E-state index contributed by atoms with van der Waals surface area (Å²) in [4.78, 5) is 14.4. The van der Waals surface area contributed by atoms with Crippen LogP contribution in [-0.4, -0.2) is 33.0 Å². The lowest BCUT2D eigenvalue weighted by Crippen LogP contribution is -2.23. The first-order valence-corrected chi connectivity index (χ1v) is 7.19. The molecule has 1 N–H and O–H groups in total. The molecule has 0 radical (unpaired) electrons. The Labute approximate surface area is 116 Å². The van der Waals surface area contributed by atoms with E-state index in [2.05, 4.69) is 24.2 Å². The highest BCUT2D eigenvalue weighted by molar-refractivity contribution is 7.09. The number of imidazole rings is 1. The first-order valence-electron chi connectivity index (χ1n) is 6.42. The number of rotatable bonds is 4. The van der Waals surface area contributed by atoms with Crippen molar-refractivity contribution in [1.29, 1.82) is 0 Å². The topological polar surface area (TPSA) is 66.9 Å². The molecule has 102 valence electrons. The van der Waals surface area contributed by atoms with Crippen LogP contribution in [0.1, 0.15) is 43.6 Å². The van der Waals surface area contributed by atoms with Crippen molar-refractivity contribution in [2.45, 2.75) is 31.9 Å². The van der Waals surface area contributed by atoms with E-state index in [0.29, 0.717) is 0 Å². The van der Waals surface area contributed by atoms with Gasteiger partial charge >= 0.3 is 0 Å². The fourth-order valence-corrected chi connectivity index (χ4v) is 3.18. The zero-order valence-electron chi connectivity index (χ0n) is 11.0. The van der Waals surface area contributed by atoms with Crippen LogP contribution in [0.5, 0.6) is 0 Å². The minimum Gasteiger partial charge on any atom is -0.374 e. The predicted molar refractivity (Wildman–Crippen MR) is 73.2 cm³/mol. The Bertz CT molecular complexity index is 526. The van der Waals surface area contributed by atoms with E-state index in [1.807, 2.05) is 13.1 Å². The van der Waals surface area contributed by atoms with Crippen LogP contribution >= 0.6 is 11.5 Å². The number of hydrogen-bond acceptors (Lipinski definition) is 6. The van der Waals surface area contributed by atoms with Crippen LogP contribution in [0.15, 0.2) is 12.4 Å². The fourth-order valence-electron chi connectivity index (χ4n) is 2.35. The molecule has 2 unspecified atom stereocenters. The Balaban J connectivity index is 1.83. The minimum absolute atomic E-state index is 0.0605. The summed E-state index contributed by atoms with van der Waals surface area (Å²) in [6.07, 6.45) is 5.85. The van der Waals surface area contributed by atoms with E-state index in [0.717, 1.165) is 36.2 Å². The van der Waals surface area contributed by atoms with E-state index in [4.69, 9.17) is 4.74 Å². The third kappa shape index (κ3) is 2.35. The molecule has 1 aliphatic heterocycles. The molecule has 1 saturated heterocycles. The second-order valence-corrected chi connectivity index (χ2v) is 5.37. The molecule has 1 fully saturated rings. The van der Waals surface area contributed by atoms with Crippen molar-refractivity contribution in [3.63, 3.8) is 0 Å². The van der Waals surface area contributed by atoms with Crippen LogP contribution in [-0.2, 0) is 4.74 Å². The second kappa shape index (κ2) is 5.26. The van der Waals surface area contributed by atoms with Crippen molar-refractivity contribution in [3.05, 3.63) is 24.0 Å². The van der Waals surface area contributed by atoms with Crippen LogP contribution in [0.4, 0.5) is 5.13 Å². The van der Waals surface area contributed by atoms with Gasteiger partial charge in [0.25, 0.3) is 0 Å². The lowest BCUT2D eigenvalue weighted by Gasteiger charge is -2.21. The summed E-state index contributed by atoms with van der Waals surface area (Å²) in [6, 6.07) is 0.286. The van der Waals surface area contributed by atoms with Gasteiger partial charge in [0.2, 0.25) is 5.13 Å². The summed E-state index contributed by atoms with van der Waals surface area (Å²) in [5.74, 6) is 1.77. The Morgan fingerprint density at radius 3 is 3.21 bits per heavy atom. The second-order valence-electron chi connectivity index (χ2n) is 4.64. The molecule has 3 rings (SSSR count). The maximum absolute atomic E-state index is 5.26. The highest BCUT2D eigenvalue weighted by atomic mass is 32.1. The zero-order valence-corrected chi connectivity index (χ0v) is 11.9. The van der Waals surface area contributed by atoms with E-state index in [1.165, 1.54) is 11.5 Å². The quantitative estimate of drug-likeness (QED) is 0.930. The molecule has 0 bridgehead atoms. The van der Waals surface area contributed by atoms with Gasteiger partial charge in [0.15, 0.2) is 5.82 Å². The minimum atomic E-state index is -0.0605. The number of aromatic amines is 1. The van der Waals surface area contributed by atoms with Crippen molar-refractivity contribution in [1.82, 2.24) is 19.3 Å². The summed E-state index contributed by atoms with van der Waals surface area (Å²) < 4.78 is 9.64. The van der Waals surface area contributed by atoms with Crippen molar-refractivity contribution in [2.75, 3.05) is 18.6 Å². The highest BCUT2D eigenvalue weighted by Crippen LogP contribution is 2.35. The van der Waals surface area contributed by atoms with Gasteiger partial charge in [-0.2, -0.15) is 4.37 Å². The molecule has 0 spiro atoms. The number of aromatic nitrogens is 4. The van der Waals surface area contributed by atoms with E-state index in [-0.39, 0.29) is 12.1 Å². The van der Waals surface area contributed by atoms with Gasteiger partial charge in [-0.05, 0) is 19.8 Å². The maximum atomic E-state index is 5.26. The maximum Gasteiger partial charge on any atom is 0.205 e. The predicted octanol–water partition coefficient (Wildman–Crippen LogP) is 2.31. The number of ether oxygens (including phenoxy) is 1. The van der Waals surface area contributed by atoms with Gasteiger partial charge in [0.05, 0.1) is 6.04 Å². The van der Waals surface area contributed by atoms with Crippen LogP contribution in [0.3, 0.4) is 0 Å². The number of H-pyrrole nitrogens is 1. The molecule has 2 atom stereocenters. The molecule has 0 amide bonds. The molecule has 3 heterocycles. The normalized spacial score (nSPS) is 20.9. The number of hydrogen-bond donors (Lipinski definition) is 1. The molecule has 0 aliphatic carbocycles. The Morgan fingerprint density at radius 2 is 2.47 bits per heavy atom. The van der Waals surface area contributed by atoms with Crippen molar-refractivity contribution < 1.29 is 4.74 Å². The molecular formula is C12H17N5OS. The van der Waals surface area contributed by atoms with Gasteiger partial charge in [-0.25, -0.2) is 9.97 Å². The lowest BCUT2D eigenvalue weighted by atomic mass is 10.2. The van der Waals surface area contributed by atoms with Crippen LogP contribution < -0.4 is 4.90 Å². The number of nitrogens with zero attached hydrogens (tertiary/aromatic N) is 4. The van der Waals surface area contributed by atoms with E-state index < -0.39 is 0 Å². The van der Waals surface area contributed by atoms with Crippen molar-refractivity contribution >= 4 is 16.7 Å². The zero-order chi connectivity index (χ0) is 13.2. The Morgan fingerprint density at radius 1 is 1.58 bits per heavy atom. The smallest absolute Gasteiger partial charge is 0.205 e. The van der Waals surface area contributed by atoms with Gasteiger partial charge in [0, 0.05) is 37.6 Å². The summed E-state index contributed by atoms with van der Waals surface area (Å²) in [6.45, 7) is 2.96. The SMILES string of the molecule is COC(C)c1nsc(N2CCCC2c2ncc[nH]2)n1. The molecule has 2 aromatic heterocycles. The molecule has 19 heavy (non-hydrogen) atoms. The lowest BCUT2D eigenvalue weighted by molar-refractivity contribution is 0.113. The number of methoxy groups -OCH3 is 1. The summed E-state index contributed by atoms with van der Waals surface area (Å²) >= 11 is 1.43. The van der Waals surface area contributed by atoms with E-state index in [9.17, 15) is 0 Å². The van der Waals surface area contributed by atoms with Crippen molar-refractivity contribution in [3.8, 4) is 0 Å². The average Bonchev–Trinajstić information content (AvgIpc) is 3.14. The first kappa shape index (κ1) is 12.6. The van der Waals surface area contributed by atoms with Gasteiger partial charge in [-0.3, -0.25) is 0 Å². The van der Waals surface area contributed by atoms with Gasteiger partial charge < -0.3 is 14.6 Å². The van der Waals surface area contributed by atoms with Crippen LogP contribution in [0.2, 0.25) is 0 Å². The number of anilines is 1. The van der Waals surface area contributed by atoms with E-state index >= 15 is 0 Å². The van der Waals surface area contributed by atoms with Crippen molar-refractivity contribution in [2.24, 2.45) is 0 Å². The largest absolute Gasteiger partial charge is 0.374 e. The third-order valence-corrected chi connectivity index (χ3v) is 4.25. The van der Waals surface area contributed by atoms with Gasteiger partial charge in [-0.1, -0.05) is 0 Å². The highest BCUT2D eigenvalue weighted by Gasteiger charge is 2.30. The standard InChI is InChI=1S/C12H17N5OS/c1-8(18-2)10-15-12(19-16-10)17-7-3-4-9(17)11-13-5-6-14-11/h5-6,8-9H,3-4,7H2,1-2H3,(H,13,14). The van der Waals surface area contributed by atoms with Crippen LogP contribution in [0.25, 0.3) is 0 Å². The molecule has 2 aromatic rings. The summed E-state index contributed by atoms with van der Waals surface area (Å²) in [7, 11) is 1.67. The molecular weight excluding hydrogens is 262 g/mol. The molecule has 7 heteroatoms. The molecule has 0 saturated carbocycles. The van der Waals surface area contributed by atoms with Gasteiger partial charge in [0.1, 0.15) is 11.9 Å². The van der Waals surface area contributed by atoms with Crippen LogP contribution in [0, 0.1) is 0 Å². The number of nitrogens with one attached hydrogen (secondary N) is 1. The molecule has 0 aromatic carbocycles. The van der Waals surface area contributed by atoms with Gasteiger partial charge in [-0.15, -0.1) is 0 Å². The first-order chi connectivity index (χ1) is 9.29. The Kier molecular flexibility index (Phi) is 3.48. The molecule has 6 nitrogen and oxygen atoms in total. The van der Waals surface area contributed by atoms with E-state index in [1.54, 1.807) is 13.3 Å².